The van der Waals surface area contributed by atoms with Crippen molar-refractivity contribution >= 4 is 23.3 Å². The molecule has 6 heteroatoms. The summed E-state index contributed by atoms with van der Waals surface area (Å²) in [7, 11) is 0. The summed E-state index contributed by atoms with van der Waals surface area (Å²) in [6, 6.07) is 11.9. The number of hydrogen-bond donors (Lipinski definition) is 1. The van der Waals surface area contributed by atoms with E-state index >= 15 is 0 Å². The maximum atomic E-state index is 12.4. The number of esters is 1. The summed E-state index contributed by atoms with van der Waals surface area (Å²) in [5, 5.41) is 2.92. The molecule has 0 saturated carbocycles. The van der Waals surface area contributed by atoms with Crippen molar-refractivity contribution in [2.45, 2.75) is 33.6 Å². The molecule has 1 N–H and O–H groups in total. The van der Waals surface area contributed by atoms with Gasteiger partial charge < -0.3 is 10.1 Å². The van der Waals surface area contributed by atoms with Crippen LogP contribution in [0.4, 0.5) is 5.82 Å². The van der Waals surface area contributed by atoms with E-state index in [0.717, 1.165) is 22.3 Å². The van der Waals surface area contributed by atoms with Crippen LogP contribution < -0.4 is 5.32 Å². The Morgan fingerprint density at radius 1 is 1.07 bits per heavy atom. The third-order valence-electron chi connectivity index (χ3n) is 4.23. The van der Waals surface area contributed by atoms with Crippen molar-refractivity contribution in [2.24, 2.45) is 0 Å². The van der Waals surface area contributed by atoms with Gasteiger partial charge in [0.1, 0.15) is 17.2 Å². The van der Waals surface area contributed by atoms with Crippen LogP contribution >= 0.6 is 0 Å². The molecular formula is C21H23N3O3. The Balaban J connectivity index is 1.92. The number of carbonyl (C=O) groups excluding carboxylic acids is 2. The van der Waals surface area contributed by atoms with Gasteiger partial charge in [0.25, 0.3) is 0 Å². The molecule has 140 valence electrons. The van der Waals surface area contributed by atoms with Crippen LogP contribution in [-0.2, 0) is 14.3 Å². The Bertz CT molecular complexity index is 974. The smallest absolute Gasteiger partial charge is 0.306 e. The monoisotopic (exact) mass is 365 g/mol. The molecule has 0 saturated heterocycles. The van der Waals surface area contributed by atoms with Gasteiger partial charge in [0.05, 0.1) is 13.0 Å². The number of ether oxygens (including phenoxy) is 1. The van der Waals surface area contributed by atoms with Crippen LogP contribution in [0.1, 0.15) is 30.9 Å². The molecule has 0 atom stereocenters. The minimum atomic E-state index is -0.375. The summed E-state index contributed by atoms with van der Waals surface area (Å²) < 4.78 is 6.73. The topological polar surface area (TPSA) is 72.7 Å². The van der Waals surface area contributed by atoms with Gasteiger partial charge in [0.2, 0.25) is 5.91 Å². The van der Waals surface area contributed by atoms with E-state index in [2.05, 4.69) is 5.32 Å². The number of anilines is 1. The average Bonchev–Trinajstić information content (AvgIpc) is 2.98. The van der Waals surface area contributed by atoms with E-state index in [4.69, 9.17) is 9.72 Å². The van der Waals surface area contributed by atoms with Gasteiger partial charge in [-0.3, -0.25) is 14.0 Å². The highest BCUT2D eigenvalue weighted by atomic mass is 16.5. The number of imidazole rings is 1. The summed E-state index contributed by atoms with van der Waals surface area (Å²) >= 11 is 0. The molecule has 1 aromatic carbocycles. The molecule has 0 aliphatic rings. The van der Waals surface area contributed by atoms with Crippen molar-refractivity contribution in [2.75, 3.05) is 11.9 Å². The third-order valence-corrected chi connectivity index (χ3v) is 4.23. The average molecular weight is 365 g/mol. The molecular weight excluding hydrogens is 342 g/mol. The molecule has 0 unspecified atom stereocenters. The van der Waals surface area contributed by atoms with Crippen LogP contribution in [0, 0.1) is 13.8 Å². The molecule has 0 fully saturated rings. The van der Waals surface area contributed by atoms with Gasteiger partial charge in [-0.1, -0.05) is 29.8 Å². The molecule has 3 rings (SSSR count). The van der Waals surface area contributed by atoms with E-state index in [1.165, 1.54) is 0 Å². The van der Waals surface area contributed by atoms with Crippen molar-refractivity contribution in [1.82, 2.24) is 9.38 Å². The van der Waals surface area contributed by atoms with E-state index in [0.29, 0.717) is 18.1 Å². The van der Waals surface area contributed by atoms with E-state index in [1.807, 2.05) is 60.8 Å². The number of amides is 1. The Labute approximate surface area is 158 Å². The van der Waals surface area contributed by atoms with Crippen molar-refractivity contribution < 1.29 is 14.3 Å². The highest BCUT2D eigenvalue weighted by molar-refractivity contribution is 5.95. The summed E-state index contributed by atoms with van der Waals surface area (Å²) in [6.07, 6.45) is 2.00. The van der Waals surface area contributed by atoms with Gasteiger partial charge >= 0.3 is 5.97 Å². The molecule has 6 nitrogen and oxygen atoms in total. The lowest BCUT2D eigenvalue weighted by molar-refractivity contribution is -0.144. The number of benzene rings is 1. The Hall–Kier alpha value is -3.15. The fourth-order valence-corrected chi connectivity index (χ4v) is 2.82. The first-order valence-corrected chi connectivity index (χ1v) is 8.99. The van der Waals surface area contributed by atoms with Gasteiger partial charge in [-0.05, 0) is 38.5 Å². The lowest BCUT2D eigenvalue weighted by Crippen LogP contribution is -2.16. The van der Waals surface area contributed by atoms with E-state index in [9.17, 15) is 9.59 Å². The Morgan fingerprint density at radius 3 is 2.52 bits per heavy atom. The quantitative estimate of drug-likeness (QED) is 0.673. The number of rotatable bonds is 6. The molecule has 2 aromatic heterocycles. The normalized spacial score (nSPS) is 10.8. The molecule has 0 bridgehead atoms. The molecule has 0 aliphatic heterocycles. The van der Waals surface area contributed by atoms with Gasteiger partial charge in [-0.25, -0.2) is 4.98 Å². The minimum absolute atomic E-state index is 0.0510. The lowest BCUT2D eigenvalue weighted by atomic mass is 10.1. The Morgan fingerprint density at radius 2 is 1.81 bits per heavy atom. The van der Waals surface area contributed by atoms with Crippen LogP contribution in [0.5, 0.6) is 0 Å². The minimum Gasteiger partial charge on any atom is -0.466 e. The Kier molecular flexibility index (Phi) is 5.54. The molecule has 27 heavy (non-hydrogen) atoms. The number of carbonyl (C=O) groups is 2. The molecule has 2 heterocycles. The zero-order valence-electron chi connectivity index (χ0n) is 15.8. The summed E-state index contributed by atoms with van der Waals surface area (Å²) in [5.41, 5.74) is 4.61. The molecule has 3 aromatic rings. The number of nitrogens with zero attached hydrogens (tertiary/aromatic N) is 2. The fraction of sp³-hybridized carbons (Fsp3) is 0.286. The van der Waals surface area contributed by atoms with Crippen molar-refractivity contribution in [3.05, 3.63) is 53.7 Å². The number of pyridine rings is 1. The fourth-order valence-electron chi connectivity index (χ4n) is 2.82. The van der Waals surface area contributed by atoms with Crippen LogP contribution in [-0.4, -0.2) is 27.9 Å². The zero-order valence-corrected chi connectivity index (χ0v) is 15.8. The zero-order chi connectivity index (χ0) is 19.4. The summed E-state index contributed by atoms with van der Waals surface area (Å²) in [6.45, 7) is 6.07. The van der Waals surface area contributed by atoms with Gasteiger partial charge in [-0.15, -0.1) is 0 Å². The molecule has 0 aliphatic carbocycles. The standard InChI is InChI=1S/C21H23N3O3/c1-4-27-19(26)10-9-18(25)23-21-20(16-7-5-14(2)6-8-16)22-17-13-15(3)11-12-24(17)21/h5-8,11-13H,4,9-10H2,1-3H3,(H,23,25). The first-order chi connectivity index (χ1) is 13.0. The second kappa shape index (κ2) is 8.03. The first-order valence-electron chi connectivity index (χ1n) is 8.99. The predicted molar refractivity (Wildman–Crippen MR) is 105 cm³/mol. The number of fused-ring (bicyclic) bond motifs is 1. The number of aryl methyl sites for hydroxylation is 2. The summed E-state index contributed by atoms with van der Waals surface area (Å²) in [5.74, 6) is -0.0262. The second-order valence-electron chi connectivity index (χ2n) is 6.46. The highest BCUT2D eigenvalue weighted by Gasteiger charge is 2.17. The maximum Gasteiger partial charge on any atom is 0.306 e. The van der Waals surface area contributed by atoms with Crippen molar-refractivity contribution in [1.29, 1.82) is 0 Å². The number of hydrogen-bond acceptors (Lipinski definition) is 4. The van der Waals surface area contributed by atoms with Gasteiger partial charge in [0.15, 0.2) is 0 Å². The van der Waals surface area contributed by atoms with Gasteiger partial charge in [0, 0.05) is 18.2 Å². The highest BCUT2D eigenvalue weighted by Crippen LogP contribution is 2.29. The first kappa shape index (κ1) is 18.6. The van der Waals surface area contributed by atoms with Crippen molar-refractivity contribution in [3.8, 4) is 11.3 Å². The maximum absolute atomic E-state index is 12.4. The number of aromatic nitrogens is 2. The van der Waals surface area contributed by atoms with E-state index in [-0.39, 0.29) is 24.7 Å². The summed E-state index contributed by atoms with van der Waals surface area (Å²) in [4.78, 5) is 28.6. The molecule has 1 amide bonds. The van der Waals surface area contributed by atoms with E-state index < -0.39 is 0 Å². The van der Waals surface area contributed by atoms with E-state index in [1.54, 1.807) is 6.92 Å². The predicted octanol–water partition coefficient (Wildman–Crippen LogP) is 3.90. The molecule has 0 radical (unpaired) electrons. The third kappa shape index (κ3) is 4.34. The van der Waals surface area contributed by atoms with Gasteiger partial charge in [-0.2, -0.15) is 0 Å². The van der Waals surface area contributed by atoms with Crippen LogP contribution in [0.15, 0.2) is 42.6 Å². The lowest BCUT2D eigenvalue weighted by Gasteiger charge is -2.08. The van der Waals surface area contributed by atoms with Crippen molar-refractivity contribution in [3.63, 3.8) is 0 Å². The van der Waals surface area contributed by atoms with Crippen LogP contribution in [0.3, 0.4) is 0 Å². The van der Waals surface area contributed by atoms with Crippen LogP contribution in [0.2, 0.25) is 0 Å². The van der Waals surface area contributed by atoms with Crippen LogP contribution in [0.25, 0.3) is 16.9 Å². The largest absolute Gasteiger partial charge is 0.466 e. The second-order valence-corrected chi connectivity index (χ2v) is 6.46. The molecule has 0 spiro atoms. The number of nitrogens with one attached hydrogen (secondary N) is 1. The SMILES string of the molecule is CCOC(=O)CCC(=O)Nc1c(-c2ccc(C)cc2)nc2cc(C)ccn12.